The molecule has 0 saturated heterocycles. The predicted molar refractivity (Wildman–Crippen MR) is 60.1 cm³/mol. The fourth-order valence-corrected chi connectivity index (χ4v) is 1.62. The van der Waals surface area contributed by atoms with Gasteiger partial charge in [-0.05, 0) is 29.9 Å². The molecule has 90 valence electrons. The zero-order chi connectivity index (χ0) is 12.3. The van der Waals surface area contributed by atoms with Gasteiger partial charge in [0.2, 0.25) is 0 Å². The van der Waals surface area contributed by atoms with Crippen LogP contribution in [-0.4, -0.2) is 11.7 Å². The van der Waals surface area contributed by atoms with Crippen LogP contribution < -0.4 is 0 Å². The Labute approximate surface area is 95.1 Å². The smallest absolute Gasteiger partial charge is 0.129 e. The van der Waals surface area contributed by atoms with Crippen LogP contribution in [0.5, 0.6) is 0 Å². The molecule has 1 unspecified atom stereocenters. The van der Waals surface area contributed by atoms with Gasteiger partial charge in [-0.25, -0.2) is 8.78 Å². The summed E-state index contributed by atoms with van der Waals surface area (Å²) in [5.74, 6) is -1.23. The van der Waals surface area contributed by atoms with Crippen LogP contribution in [0.15, 0.2) is 18.2 Å². The van der Waals surface area contributed by atoms with Crippen LogP contribution >= 0.6 is 0 Å². The van der Waals surface area contributed by atoms with Crippen molar-refractivity contribution in [1.29, 1.82) is 0 Å². The highest BCUT2D eigenvalue weighted by Crippen LogP contribution is 2.30. The van der Waals surface area contributed by atoms with Crippen LogP contribution in [0.4, 0.5) is 8.78 Å². The zero-order valence-corrected chi connectivity index (χ0v) is 9.93. The first-order chi connectivity index (χ1) is 7.36. The molecule has 0 aliphatic heterocycles. The molecule has 1 aromatic carbocycles. The summed E-state index contributed by atoms with van der Waals surface area (Å²) in [6.45, 7) is 5.78. The highest BCUT2D eigenvalue weighted by Gasteiger charge is 2.26. The van der Waals surface area contributed by atoms with Crippen LogP contribution in [0.1, 0.15) is 26.3 Å². The minimum absolute atomic E-state index is 0.0662. The molecule has 1 rings (SSSR count). The van der Waals surface area contributed by atoms with Crippen molar-refractivity contribution < 1.29 is 13.9 Å². The molecule has 1 N–H and O–H groups in total. The summed E-state index contributed by atoms with van der Waals surface area (Å²) in [5, 5.41) is 9.26. The molecule has 0 aliphatic rings. The third kappa shape index (κ3) is 3.01. The predicted octanol–water partition coefficient (Wildman–Crippen LogP) is 3.16. The lowest BCUT2D eigenvalue weighted by Crippen LogP contribution is -2.26. The summed E-state index contributed by atoms with van der Waals surface area (Å²) in [7, 11) is 0. The summed E-state index contributed by atoms with van der Waals surface area (Å²) in [4.78, 5) is 0. The van der Waals surface area contributed by atoms with Gasteiger partial charge in [0.15, 0.2) is 0 Å². The summed E-state index contributed by atoms with van der Waals surface area (Å²) in [6.07, 6.45) is 0.221. The highest BCUT2D eigenvalue weighted by atomic mass is 19.1. The Balaban J connectivity index is 2.95. The van der Waals surface area contributed by atoms with Crippen molar-refractivity contribution >= 4 is 0 Å². The van der Waals surface area contributed by atoms with Gasteiger partial charge in [-0.1, -0.05) is 26.8 Å². The normalized spacial score (nSPS) is 13.9. The third-order valence-electron chi connectivity index (χ3n) is 2.96. The fourth-order valence-electron chi connectivity index (χ4n) is 1.62. The van der Waals surface area contributed by atoms with E-state index in [0.29, 0.717) is 0 Å². The number of hydrogen-bond acceptors (Lipinski definition) is 1. The third-order valence-corrected chi connectivity index (χ3v) is 2.96. The van der Waals surface area contributed by atoms with E-state index in [0.717, 1.165) is 0 Å². The number of aliphatic hydroxyl groups is 1. The Morgan fingerprint density at radius 1 is 1.19 bits per heavy atom. The molecule has 1 aromatic rings. The van der Waals surface area contributed by atoms with Crippen LogP contribution in [-0.2, 0) is 6.42 Å². The first kappa shape index (κ1) is 13.1. The van der Waals surface area contributed by atoms with Gasteiger partial charge in [0, 0.05) is 12.2 Å². The van der Waals surface area contributed by atoms with E-state index < -0.39 is 11.6 Å². The van der Waals surface area contributed by atoms with Gasteiger partial charge in [-0.15, -0.1) is 0 Å². The van der Waals surface area contributed by atoms with Gasteiger partial charge in [0.05, 0.1) is 0 Å². The lowest BCUT2D eigenvalue weighted by Gasteiger charge is -2.29. The average molecular weight is 228 g/mol. The van der Waals surface area contributed by atoms with Gasteiger partial charge in [-0.3, -0.25) is 0 Å². The molecule has 0 amide bonds. The van der Waals surface area contributed by atoms with Gasteiger partial charge in [-0.2, -0.15) is 0 Å². The maximum Gasteiger partial charge on any atom is 0.129 e. The van der Waals surface area contributed by atoms with E-state index in [-0.39, 0.29) is 29.9 Å². The van der Waals surface area contributed by atoms with Crippen molar-refractivity contribution in [2.75, 3.05) is 6.61 Å². The minimum Gasteiger partial charge on any atom is -0.396 e. The number of aliphatic hydroxyl groups excluding tert-OH is 1. The maximum atomic E-state index is 13.4. The van der Waals surface area contributed by atoms with Crippen molar-refractivity contribution in [3.63, 3.8) is 0 Å². The number of halogens is 2. The maximum absolute atomic E-state index is 13.4. The topological polar surface area (TPSA) is 20.2 Å². The van der Waals surface area contributed by atoms with E-state index >= 15 is 0 Å². The standard InChI is InChI=1S/C13H18F2O/c1-13(2,3)9(8-16)7-10-11(14)5-4-6-12(10)15/h4-6,9,16H,7-8H2,1-3H3. The lowest BCUT2D eigenvalue weighted by atomic mass is 9.77. The first-order valence-electron chi connectivity index (χ1n) is 5.40. The van der Waals surface area contributed by atoms with Crippen molar-refractivity contribution in [2.24, 2.45) is 11.3 Å². The second-order valence-electron chi connectivity index (χ2n) is 5.15. The van der Waals surface area contributed by atoms with E-state index in [9.17, 15) is 13.9 Å². The van der Waals surface area contributed by atoms with E-state index in [4.69, 9.17) is 0 Å². The van der Waals surface area contributed by atoms with Gasteiger partial charge >= 0.3 is 0 Å². The van der Waals surface area contributed by atoms with Crippen LogP contribution in [0.25, 0.3) is 0 Å². The van der Waals surface area contributed by atoms with Crippen molar-refractivity contribution in [1.82, 2.24) is 0 Å². The van der Waals surface area contributed by atoms with Crippen molar-refractivity contribution in [3.05, 3.63) is 35.4 Å². The average Bonchev–Trinajstić information content (AvgIpc) is 2.15. The monoisotopic (exact) mass is 228 g/mol. The second-order valence-corrected chi connectivity index (χ2v) is 5.15. The van der Waals surface area contributed by atoms with Crippen molar-refractivity contribution in [3.8, 4) is 0 Å². The van der Waals surface area contributed by atoms with E-state index in [1.807, 2.05) is 20.8 Å². The zero-order valence-electron chi connectivity index (χ0n) is 9.93. The molecule has 0 radical (unpaired) electrons. The Bertz CT molecular complexity index is 335. The molecule has 0 aromatic heterocycles. The number of rotatable bonds is 3. The van der Waals surface area contributed by atoms with Gasteiger partial charge in [0.25, 0.3) is 0 Å². The molecule has 0 spiro atoms. The minimum atomic E-state index is -0.539. The number of benzene rings is 1. The summed E-state index contributed by atoms with van der Waals surface area (Å²) in [6, 6.07) is 3.84. The van der Waals surface area contributed by atoms with Crippen LogP contribution in [0.3, 0.4) is 0 Å². The lowest BCUT2D eigenvalue weighted by molar-refractivity contribution is 0.129. The first-order valence-corrected chi connectivity index (χ1v) is 5.40. The summed E-state index contributed by atoms with van der Waals surface area (Å²) >= 11 is 0. The SMILES string of the molecule is CC(C)(C)C(CO)Cc1c(F)cccc1F. The fraction of sp³-hybridized carbons (Fsp3) is 0.538. The molecule has 0 fully saturated rings. The van der Waals surface area contributed by atoms with Crippen LogP contribution in [0.2, 0.25) is 0 Å². The second kappa shape index (κ2) is 4.91. The molecule has 3 heteroatoms. The summed E-state index contributed by atoms with van der Waals surface area (Å²) in [5.41, 5.74) is -0.111. The largest absolute Gasteiger partial charge is 0.396 e. The molecule has 0 heterocycles. The van der Waals surface area contributed by atoms with Crippen LogP contribution in [0, 0.1) is 23.0 Å². The number of hydrogen-bond donors (Lipinski definition) is 1. The van der Waals surface area contributed by atoms with E-state index in [1.165, 1.54) is 18.2 Å². The molecule has 0 saturated carbocycles. The quantitative estimate of drug-likeness (QED) is 0.842. The van der Waals surface area contributed by atoms with E-state index in [2.05, 4.69) is 0 Å². The van der Waals surface area contributed by atoms with Gasteiger partial charge in [0.1, 0.15) is 11.6 Å². The highest BCUT2D eigenvalue weighted by molar-refractivity contribution is 5.20. The molecular weight excluding hydrogens is 210 g/mol. The Kier molecular flexibility index (Phi) is 4.03. The summed E-state index contributed by atoms with van der Waals surface area (Å²) < 4.78 is 26.8. The molecule has 0 aliphatic carbocycles. The molecule has 1 nitrogen and oxygen atoms in total. The molecule has 1 atom stereocenters. The Hall–Kier alpha value is -0.960. The molecule has 0 bridgehead atoms. The molecule has 16 heavy (non-hydrogen) atoms. The van der Waals surface area contributed by atoms with Gasteiger partial charge < -0.3 is 5.11 Å². The van der Waals surface area contributed by atoms with E-state index in [1.54, 1.807) is 0 Å². The Morgan fingerprint density at radius 2 is 1.69 bits per heavy atom. The van der Waals surface area contributed by atoms with Crippen molar-refractivity contribution in [2.45, 2.75) is 27.2 Å². The Morgan fingerprint density at radius 3 is 2.06 bits per heavy atom. The molecular formula is C13H18F2O.